The van der Waals surface area contributed by atoms with Crippen molar-refractivity contribution in [1.82, 2.24) is 0 Å². The van der Waals surface area contributed by atoms with Crippen LogP contribution in [-0.2, 0) is 25.5 Å². The summed E-state index contributed by atoms with van der Waals surface area (Å²) in [7, 11) is -13.7. The largest absolute Gasteiger partial charge is 0.517 e. The molecule has 1 rings (SSSR count). The van der Waals surface area contributed by atoms with E-state index < -0.39 is 45.9 Å². The van der Waals surface area contributed by atoms with E-state index in [1.54, 1.807) is 20.8 Å². The van der Waals surface area contributed by atoms with Crippen molar-refractivity contribution in [2.75, 3.05) is 3.71 Å². The van der Waals surface area contributed by atoms with Crippen molar-refractivity contribution in [3.63, 3.8) is 0 Å². The van der Waals surface area contributed by atoms with Crippen LogP contribution in [-0.4, -0.2) is 27.9 Å². The molecular formula is C12H13F6NO4S2. The average molecular weight is 413 g/mol. The zero-order chi connectivity index (χ0) is 20.1. The summed E-state index contributed by atoms with van der Waals surface area (Å²) in [4.78, 5) is 0. The van der Waals surface area contributed by atoms with E-state index >= 15 is 0 Å². The van der Waals surface area contributed by atoms with E-state index in [9.17, 15) is 43.2 Å². The summed E-state index contributed by atoms with van der Waals surface area (Å²) in [6, 6.07) is 3.21. The Hall–Kier alpha value is -1.50. The smallest absolute Gasteiger partial charge is 0.196 e. The van der Waals surface area contributed by atoms with Crippen LogP contribution in [0.2, 0.25) is 0 Å². The molecule has 0 fully saturated rings. The Morgan fingerprint density at radius 2 is 1.04 bits per heavy atom. The van der Waals surface area contributed by atoms with Gasteiger partial charge in [0.2, 0.25) is 0 Å². The van der Waals surface area contributed by atoms with Crippen molar-refractivity contribution >= 4 is 25.7 Å². The van der Waals surface area contributed by atoms with Crippen molar-refractivity contribution in [3.05, 3.63) is 29.8 Å². The van der Waals surface area contributed by atoms with Crippen LogP contribution in [0.15, 0.2) is 24.3 Å². The fourth-order valence-electron chi connectivity index (χ4n) is 1.68. The highest BCUT2D eigenvalue weighted by atomic mass is 32.3. The van der Waals surface area contributed by atoms with Gasteiger partial charge < -0.3 is 0 Å². The lowest BCUT2D eigenvalue weighted by Gasteiger charge is -2.26. The molecule has 0 saturated carbocycles. The van der Waals surface area contributed by atoms with Gasteiger partial charge in [-0.25, -0.2) is 0 Å². The molecule has 1 aromatic rings. The molecule has 0 aromatic heterocycles. The van der Waals surface area contributed by atoms with Gasteiger partial charge in [0.25, 0.3) is 0 Å². The normalized spacial score (nSPS) is 14.4. The van der Waals surface area contributed by atoms with Gasteiger partial charge in [-0.05, 0) is 23.1 Å². The SMILES string of the molecule is CC(C)(C)c1ccc(N(S(=O)(=O)C(F)(F)F)S(=O)(=O)C(F)(F)F)cc1. The molecule has 0 radical (unpaired) electrons. The van der Waals surface area contributed by atoms with E-state index in [0.29, 0.717) is 17.7 Å². The Morgan fingerprint density at radius 1 is 0.720 bits per heavy atom. The quantitative estimate of drug-likeness (QED) is 0.712. The Kier molecular flexibility index (Phi) is 5.20. The van der Waals surface area contributed by atoms with Crippen LogP contribution in [0.1, 0.15) is 26.3 Å². The minimum Gasteiger partial charge on any atom is -0.196 e. The van der Waals surface area contributed by atoms with E-state index in [1.165, 1.54) is 0 Å². The van der Waals surface area contributed by atoms with Gasteiger partial charge in [-0.1, -0.05) is 32.9 Å². The minimum absolute atomic E-state index is 0.435. The van der Waals surface area contributed by atoms with Crippen LogP contribution in [0.3, 0.4) is 0 Å². The monoisotopic (exact) mass is 413 g/mol. The third kappa shape index (κ3) is 4.02. The fourth-order valence-corrected chi connectivity index (χ4v) is 4.39. The van der Waals surface area contributed by atoms with Crippen LogP contribution in [0.25, 0.3) is 0 Å². The lowest BCUT2D eigenvalue weighted by Crippen LogP contribution is -2.49. The molecule has 0 aliphatic heterocycles. The Bertz CT molecular complexity index is 790. The number of sulfonamides is 2. The van der Waals surface area contributed by atoms with Crippen molar-refractivity contribution in [2.24, 2.45) is 0 Å². The Balaban J connectivity index is 3.72. The van der Waals surface area contributed by atoms with Crippen LogP contribution < -0.4 is 3.71 Å². The summed E-state index contributed by atoms with van der Waals surface area (Å²) >= 11 is 0. The molecule has 0 spiro atoms. The average Bonchev–Trinajstić information content (AvgIpc) is 2.34. The number of benzene rings is 1. The topological polar surface area (TPSA) is 71.5 Å². The molecule has 0 unspecified atom stereocenters. The van der Waals surface area contributed by atoms with Gasteiger partial charge in [0.15, 0.2) is 0 Å². The molecular weight excluding hydrogens is 400 g/mol. The third-order valence-electron chi connectivity index (χ3n) is 2.97. The number of halogens is 6. The van der Waals surface area contributed by atoms with Gasteiger partial charge in [-0.2, -0.15) is 43.2 Å². The first-order valence-corrected chi connectivity index (χ1v) is 9.25. The van der Waals surface area contributed by atoms with Gasteiger partial charge in [0.1, 0.15) is 0 Å². The fraction of sp³-hybridized carbons (Fsp3) is 0.500. The summed E-state index contributed by atoms with van der Waals surface area (Å²) in [6.45, 7) is 5.04. The molecule has 0 atom stereocenters. The van der Waals surface area contributed by atoms with E-state index in [1.807, 2.05) is 0 Å². The predicted molar refractivity (Wildman–Crippen MR) is 77.6 cm³/mol. The Morgan fingerprint density at radius 3 is 1.28 bits per heavy atom. The standard InChI is InChI=1S/C12H13F6NO4S2/c1-10(2,3)8-4-6-9(7-5-8)19(24(20,21)11(13,14)15)25(22,23)12(16,17)18/h4-7H,1-3H3. The van der Waals surface area contributed by atoms with Crippen molar-refractivity contribution < 1.29 is 43.2 Å². The van der Waals surface area contributed by atoms with Crippen LogP contribution >= 0.6 is 0 Å². The summed E-state index contributed by atoms with van der Waals surface area (Å²) < 4.78 is 120. The predicted octanol–water partition coefficient (Wildman–Crippen LogP) is 3.49. The highest BCUT2D eigenvalue weighted by Gasteiger charge is 2.61. The minimum atomic E-state index is -6.86. The molecule has 25 heavy (non-hydrogen) atoms. The first-order chi connectivity index (χ1) is 10.8. The highest BCUT2D eigenvalue weighted by Crippen LogP contribution is 2.39. The lowest BCUT2D eigenvalue weighted by molar-refractivity contribution is -0.0462. The van der Waals surface area contributed by atoms with Gasteiger partial charge >= 0.3 is 31.1 Å². The molecule has 0 aliphatic rings. The molecule has 5 nitrogen and oxygen atoms in total. The molecule has 0 saturated heterocycles. The molecule has 13 heteroatoms. The van der Waals surface area contributed by atoms with Crippen molar-refractivity contribution in [2.45, 2.75) is 37.2 Å². The van der Waals surface area contributed by atoms with Gasteiger partial charge in [0.05, 0.1) is 5.69 Å². The van der Waals surface area contributed by atoms with Crippen LogP contribution in [0.5, 0.6) is 0 Å². The summed E-state index contributed by atoms with van der Waals surface area (Å²) in [5.41, 5.74) is -13.9. The lowest BCUT2D eigenvalue weighted by atomic mass is 9.87. The van der Waals surface area contributed by atoms with Gasteiger partial charge in [0, 0.05) is 0 Å². The zero-order valence-electron chi connectivity index (χ0n) is 13.0. The van der Waals surface area contributed by atoms with E-state index in [0.717, 1.165) is 12.1 Å². The maximum atomic E-state index is 12.7. The molecule has 0 N–H and O–H groups in total. The van der Waals surface area contributed by atoms with Crippen molar-refractivity contribution in [3.8, 4) is 0 Å². The summed E-state index contributed by atoms with van der Waals surface area (Å²) in [5.74, 6) is 0. The van der Waals surface area contributed by atoms with Crippen molar-refractivity contribution in [1.29, 1.82) is 0 Å². The summed E-state index contributed by atoms with van der Waals surface area (Å²) in [6.07, 6.45) is 0. The van der Waals surface area contributed by atoms with Crippen LogP contribution in [0, 0.1) is 0 Å². The summed E-state index contributed by atoms with van der Waals surface area (Å²) in [5, 5.41) is 0. The number of nitrogens with zero attached hydrogens (tertiary/aromatic N) is 1. The Labute approximate surface area is 140 Å². The van der Waals surface area contributed by atoms with Crippen LogP contribution in [0.4, 0.5) is 32.0 Å². The maximum Gasteiger partial charge on any atom is 0.517 e. The maximum absolute atomic E-state index is 12.7. The van der Waals surface area contributed by atoms with E-state index in [2.05, 4.69) is 0 Å². The van der Waals surface area contributed by atoms with Gasteiger partial charge in [-0.15, -0.1) is 3.71 Å². The molecule has 0 bridgehead atoms. The second-order valence-corrected chi connectivity index (χ2v) is 9.68. The number of rotatable bonds is 3. The molecule has 144 valence electrons. The first-order valence-electron chi connectivity index (χ1n) is 6.37. The number of hydrogen-bond acceptors (Lipinski definition) is 4. The van der Waals surface area contributed by atoms with Gasteiger partial charge in [-0.3, -0.25) is 0 Å². The second kappa shape index (κ2) is 6.04. The highest BCUT2D eigenvalue weighted by molar-refractivity contribution is 8.11. The molecule has 0 heterocycles. The second-order valence-electron chi connectivity index (χ2n) is 5.90. The molecule has 0 aliphatic carbocycles. The molecule has 1 aromatic carbocycles. The third-order valence-corrected chi connectivity index (χ3v) is 6.61. The number of alkyl halides is 6. The zero-order valence-corrected chi connectivity index (χ0v) is 14.6. The van der Waals surface area contributed by atoms with E-state index in [-0.39, 0.29) is 0 Å². The van der Waals surface area contributed by atoms with E-state index in [4.69, 9.17) is 0 Å². The number of anilines is 1. The number of hydrogen-bond donors (Lipinski definition) is 0. The molecule has 0 amide bonds. The first kappa shape index (κ1) is 21.5.